The second-order valence-corrected chi connectivity index (χ2v) is 9.45. The quantitative estimate of drug-likeness (QED) is 0.518. The third-order valence-electron chi connectivity index (χ3n) is 5.41. The number of carbonyl (C=O) groups excluding carboxylic acids is 1. The van der Waals surface area contributed by atoms with E-state index in [0.29, 0.717) is 45.0 Å². The molecular weight excluding hydrogens is 487 g/mol. The summed E-state index contributed by atoms with van der Waals surface area (Å²) in [6.45, 7) is 1.80. The lowest BCUT2D eigenvalue weighted by Crippen LogP contribution is -2.45. The van der Waals surface area contributed by atoms with Gasteiger partial charge in [0.25, 0.3) is 0 Å². The zero-order chi connectivity index (χ0) is 24.5. The number of rotatable bonds is 6. The van der Waals surface area contributed by atoms with Crippen LogP contribution >= 0.6 is 11.6 Å². The van der Waals surface area contributed by atoms with E-state index >= 15 is 0 Å². The van der Waals surface area contributed by atoms with E-state index in [9.17, 15) is 17.6 Å². The van der Waals surface area contributed by atoms with Crippen LogP contribution in [0.15, 0.2) is 36.5 Å². The predicted molar refractivity (Wildman–Crippen MR) is 126 cm³/mol. The van der Waals surface area contributed by atoms with Crippen molar-refractivity contribution in [3.63, 3.8) is 0 Å². The summed E-state index contributed by atoms with van der Waals surface area (Å²) in [5.41, 5.74) is 3.07. The standard InChI is InChI=1S/C22H22ClFN4O5S/c1-3-33-22(29)27-34(30,31)28-10-7-13(8-11-28)20-19(23)18-15(6-9-25-21(18)26-20)16-12-14(24)4-5-17(16)32-2/h4-7,9,12H,3,8,10-11H2,1-2H3,(H,25,26)(H,27,29). The van der Waals surface area contributed by atoms with E-state index < -0.39 is 22.1 Å². The Hall–Kier alpha value is -3.15. The van der Waals surface area contributed by atoms with Crippen molar-refractivity contribution in [2.75, 3.05) is 26.8 Å². The van der Waals surface area contributed by atoms with Crippen molar-refractivity contribution in [2.45, 2.75) is 13.3 Å². The van der Waals surface area contributed by atoms with E-state index in [1.54, 1.807) is 31.3 Å². The van der Waals surface area contributed by atoms with Crippen molar-refractivity contribution in [1.82, 2.24) is 19.0 Å². The highest BCUT2D eigenvalue weighted by Crippen LogP contribution is 2.41. The summed E-state index contributed by atoms with van der Waals surface area (Å²) >= 11 is 6.76. The first-order valence-corrected chi connectivity index (χ1v) is 12.2. The number of hydrogen-bond donors (Lipinski definition) is 2. The summed E-state index contributed by atoms with van der Waals surface area (Å²) in [5.74, 6) is 0.0694. The van der Waals surface area contributed by atoms with Gasteiger partial charge in [-0.15, -0.1) is 0 Å². The van der Waals surface area contributed by atoms with Gasteiger partial charge in [-0.05, 0) is 48.7 Å². The number of aromatic amines is 1. The molecule has 0 unspecified atom stereocenters. The van der Waals surface area contributed by atoms with Crippen molar-refractivity contribution >= 4 is 44.5 Å². The van der Waals surface area contributed by atoms with Gasteiger partial charge in [0.05, 0.1) is 24.4 Å². The van der Waals surface area contributed by atoms with Crippen LogP contribution in [-0.4, -0.2) is 55.6 Å². The number of methoxy groups -OCH3 is 1. The molecule has 3 heterocycles. The van der Waals surface area contributed by atoms with Crippen LogP contribution in [0.3, 0.4) is 0 Å². The summed E-state index contributed by atoms with van der Waals surface area (Å²) in [6.07, 6.45) is 2.62. The second-order valence-electron chi connectivity index (χ2n) is 7.41. The molecular formula is C22H22ClFN4O5S. The molecule has 0 bridgehead atoms. The van der Waals surface area contributed by atoms with Gasteiger partial charge >= 0.3 is 16.3 Å². The molecule has 2 aromatic heterocycles. The van der Waals surface area contributed by atoms with Gasteiger partial charge in [-0.25, -0.2) is 18.9 Å². The molecule has 0 spiro atoms. The molecule has 9 nitrogen and oxygen atoms in total. The molecule has 0 aliphatic carbocycles. The van der Waals surface area contributed by atoms with E-state index in [0.717, 1.165) is 9.88 Å². The van der Waals surface area contributed by atoms with E-state index in [1.165, 1.54) is 19.2 Å². The lowest BCUT2D eigenvalue weighted by molar-refractivity contribution is 0.158. The molecule has 1 aliphatic rings. The second kappa shape index (κ2) is 9.61. The summed E-state index contributed by atoms with van der Waals surface area (Å²) in [4.78, 5) is 19.1. The molecule has 0 radical (unpaired) electrons. The summed E-state index contributed by atoms with van der Waals surface area (Å²) < 4.78 is 51.9. The topological polar surface area (TPSA) is 114 Å². The van der Waals surface area contributed by atoms with Crippen molar-refractivity contribution in [1.29, 1.82) is 0 Å². The number of nitrogens with one attached hydrogen (secondary N) is 2. The minimum atomic E-state index is -4.04. The molecule has 12 heteroatoms. The van der Waals surface area contributed by atoms with Gasteiger partial charge < -0.3 is 14.5 Å². The van der Waals surface area contributed by atoms with Crippen LogP contribution in [0.2, 0.25) is 5.02 Å². The van der Waals surface area contributed by atoms with Crippen molar-refractivity contribution in [2.24, 2.45) is 0 Å². The van der Waals surface area contributed by atoms with Gasteiger partial charge in [0, 0.05) is 30.2 Å². The molecule has 0 atom stereocenters. The monoisotopic (exact) mass is 508 g/mol. The summed E-state index contributed by atoms with van der Waals surface area (Å²) in [5, 5.41) is 0.986. The molecule has 4 rings (SSSR count). The molecule has 34 heavy (non-hydrogen) atoms. The van der Waals surface area contributed by atoms with Gasteiger partial charge in [0.2, 0.25) is 0 Å². The highest BCUT2D eigenvalue weighted by molar-refractivity contribution is 7.87. The number of fused-ring (bicyclic) bond motifs is 1. The average molecular weight is 509 g/mol. The van der Waals surface area contributed by atoms with Gasteiger partial charge in [0.15, 0.2) is 0 Å². The fourth-order valence-electron chi connectivity index (χ4n) is 3.84. The molecule has 3 aromatic rings. The lowest BCUT2D eigenvalue weighted by Gasteiger charge is -2.25. The zero-order valence-electron chi connectivity index (χ0n) is 18.4. The molecule has 0 saturated carbocycles. The number of ether oxygens (including phenoxy) is 2. The SMILES string of the molecule is CCOC(=O)NS(=O)(=O)N1CC=C(c2[nH]c3nccc(-c4cc(F)ccc4OC)c3c2Cl)CC1. The third kappa shape index (κ3) is 4.59. The fraction of sp³-hybridized carbons (Fsp3) is 0.273. The molecule has 1 amide bonds. The Kier molecular flexibility index (Phi) is 6.78. The zero-order valence-corrected chi connectivity index (χ0v) is 20.0. The lowest BCUT2D eigenvalue weighted by atomic mass is 10.0. The average Bonchev–Trinajstić information content (AvgIpc) is 3.15. The Morgan fingerprint density at radius 3 is 2.79 bits per heavy atom. The van der Waals surface area contributed by atoms with Crippen molar-refractivity contribution in [3.8, 4) is 16.9 Å². The maximum absolute atomic E-state index is 14.0. The van der Waals surface area contributed by atoms with Crippen molar-refractivity contribution < 1.29 is 27.1 Å². The van der Waals surface area contributed by atoms with E-state index in [4.69, 9.17) is 16.3 Å². The Bertz CT molecular complexity index is 1390. The first kappa shape index (κ1) is 24.0. The highest BCUT2D eigenvalue weighted by Gasteiger charge is 2.28. The Balaban J connectivity index is 1.67. The van der Waals surface area contributed by atoms with Crippen LogP contribution in [0.25, 0.3) is 27.7 Å². The van der Waals surface area contributed by atoms with Gasteiger partial charge in [-0.3, -0.25) is 0 Å². The molecule has 1 aliphatic heterocycles. The molecule has 1 aromatic carbocycles. The number of carbonyl (C=O) groups is 1. The van der Waals surface area contributed by atoms with Gasteiger partial charge in [0.1, 0.15) is 17.2 Å². The van der Waals surface area contributed by atoms with Crippen LogP contribution in [0.1, 0.15) is 19.0 Å². The first-order chi connectivity index (χ1) is 16.2. The number of nitrogens with zero attached hydrogens (tertiary/aromatic N) is 2. The number of amides is 1. The van der Waals surface area contributed by atoms with E-state index in [2.05, 4.69) is 14.7 Å². The number of halogens is 2. The Morgan fingerprint density at radius 1 is 1.32 bits per heavy atom. The highest BCUT2D eigenvalue weighted by atomic mass is 35.5. The fourth-order valence-corrected chi connectivity index (χ4v) is 5.20. The predicted octanol–water partition coefficient (Wildman–Crippen LogP) is 4.11. The van der Waals surface area contributed by atoms with E-state index in [-0.39, 0.29) is 19.7 Å². The van der Waals surface area contributed by atoms with Gasteiger partial charge in [-0.2, -0.15) is 12.7 Å². The maximum atomic E-state index is 14.0. The van der Waals surface area contributed by atoms with Crippen molar-refractivity contribution in [3.05, 3.63) is 53.1 Å². The third-order valence-corrected chi connectivity index (χ3v) is 7.22. The van der Waals surface area contributed by atoms with Crippen LogP contribution in [-0.2, 0) is 14.9 Å². The van der Waals surface area contributed by atoms with Gasteiger partial charge in [-0.1, -0.05) is 17.7 Å². The molecule has 0 fully saturated rings. The number of H-pyrrole nitrogens is 1. The summed E-state index contributed by atoms with van der Waals surface area (Å²) in [7, 11) is -2.54. The molecule has 180 valence electrons. The number of aromatic nitrogens is 2. The number of hydrogen-bond acceptors (Lipinski definition) is 6. The van der Waals surface area contributed by atoms with Crippen LogP contribution in [0.4, 0.5) is 9.18 Å². The Morgan fingerprint density at radius 2 is 2.12 bits per heavy atom. The van der Waals surface area contributed by atoms with E-state index in [1.807, 2.05) is 4.72 Å². The summed E-state index contributed by atoms with van der Waals surface area (Å²) in [6, 6.07) is 5.96. The number of benzene rings is 1. The molecule has 0 saturated heterocycles. The maximum Gasteiger partial charge on any atom is 0.421 e. The smallest absolute Gasteiger partial charge is 0.421 e. The minimum Gasteiger partial charge on any atom is -0.496 e. The normalized spacial score (nSPS) is 14.6. The van der Waals surface area contributed by atoms with Crippen LogP contribution in [0.5, 0.6) is 5.75 Å². The Labute approximate surface area is 200 Å². The largest absolute Gasteiger partial charge is 0.496 e. The first-order valence-electron chi connectivity index (χ1n) is 10.4. The van der Waals surface area contributed by atoms with Crippen LogP contribution < -0.4 is 9.46 Å². The number of pyridine rings is 1. The minimum absolute atomic E-state index is 0.0355. The van der Waals surface area contributed by atoms with Crippen LogP contribution in [0, 0.1) is 5.82 Å². The molecule has 2 N–H and O–H groups in total.